The molecule has 0 fully saturated rings. The molecule has 4 heteroatoms. The summed E-state index contributed by atoms with van der Waals surface area (Å²) in [6, 6.07) is 0.420. The Morgan fingerprint density at radius 3 is 2.67 bits per heavy atom. The van der Waals surface area contributed by atoms with Crippen molar-refractivity contribution in [1.82, 2.24) is 5.32 Å². The summed E-state index contributed by atoms with van der Waals surface area (Å²) in [5.41, 5.74) is 0. The van der Waals surface area contributed by atoms with Crippen LogP contribution in [-0.4, -0.2) is 42.0 Å². The van der Waals surface area contributed by atoms with Gasteiger partial charge in [0.25, 0.3) is 0 Å². The molecule has 0 saturated carbocycles. The minimum atomic E-state index is -0.656. The summed E-state index contributed by atoms with van der Waals surface area (Å²) >= 11 is 0. The van der Waals surface area contributed by atoms with E-state index in [0.717, 1.165) is 31.1 Å². The number of hydrogen-bond acceptors (Lipinski definition) is 3. The molecule has 3 nitrogen and oxygen atoms in total. The molecule has 0 aliphatic carbocycles. The molecule has 2 atom stereocenters. The van der Waals surface area contributed by atoms with E-state index in [2.05, 4.69) is 12.2 Å². The van der Waals surface area contributed by atoms with Crippen LogP contribution in [-0.2, 0) is 15.5 Å². The maximum absolute atomic E-state index is 11.2. The van der Waals surface area contributed by atoms with E-state index < -0.39 is 10.8 Å². The zero-order chi connectivity index (χ0) is 11.5. The zero-order valence-electron chi connectivity index (χ0n) is 10.3. The predicted molar refractivity (Wildman–Crippen MR) is 66.7 cm³/mol. The average Bonchev–Trinajstić information content (AvgIpc) is 2.25. The fraction of sp³-hybridized carbons (Fsp3) is 1.00. The summed E-state index contributed by atoms with van der Waals surface area (Å²) in [4.78, 5) is 0. The number of ether oxygens (including phenoxy) is 1. The molecule has 0 heterocycles. The fourth-order valence-electron chi connectivity index (χ4n) is 1.42. The monoisotopic (exact) mass is 235 g/mol. The summed E-state index contributed by atoms with van der Waals surface area (Å²) in [5, 5.41) is 3.40. The Labute approximate surface area is 96.4 Å². The topological polar surface area (TPSA) is 38.3 Å². The fourth-order valence-corrected chi connectivity index (χ4v) is 2.05. The number of methoxy groups -OCH3 is 1. The Hall–Kier alpha value is 0.0700. The zero-order valence-corrected chi connectivity index (χ0v) is 11.1. The number of rotatable bonds is 10. The van der Waals surface area contributed by atoms with Crippen molar-refractivity contribution >= 4 is 10.8 Å². The van der Waals surface area contributed by atoms with E-state index in [1.165, 1.54) is 12.8 Å². The van der Waals surface area contributed by atoms with Gasteiger partial charge in [-0.15, -0.1) is 0 Å². The highest BCUT2D eigenvalue weighted by Gasteiger charge is 2.07. The first-order valence-electron chi connectivity index (χ1n) is 5.81. The summed E-state index contributed by atoms with van der Waals surface area (Å²) in [7, 11) is 1.07. The van der Waals surface area contributed by atoms with E-state index in [-0.39, 0.29) is 0 Å². The summed E-state index contributed by atoms with van der Waals surface area (Å²) in [6.45, 7) is 5.73. The van der Waals surface area contributed by atoms with Crippen molar-refractivity contribution in [2.75, 3.05) is 31.8 Å². The van der Waals surface area contributed by atoms with Crippen molar-refractivity contribution in [3.8, 4) is 0 Å². The Morgan fingerprint density at radius 2 is 2.13 bits per heavy atom. The molecule has 0 radical (unpaired) electrons. The molecule has 1 N–H and O–H groups in total. The van der Waals surface area contributed by atoms with Crippen molar-refractivity contribution in [2.45, 2.75) is 39.2 Å². The maximum Gasteiger partial charge on any atom is 0.0615 e. The lowest BCUT2D eigenvalue weighted by atomic mass is 10.1. The highest BCUT2D eigenvalue weighted by molar-refractivity contribution is 7.84. The van der Waals surface area contributed by atoms with Gasteiger partial charge in [0.1, 0.15) is 0 Å². The van der Waals surface area contributed by atoms with Crippen LogP contribution in [0.25, 0.3) is 0 Å². The highest BCUT2D eigenvalue weighted by Crippen LogP contribution is 2.00. The second kappa shape index (κ2) is 10.6. The number of hydrogen-bond donors (Lipinski definition) is 1. The third-order valence-corrected chi connectivity index (χ3v) is 3.66. The molecule has 0 bridgehead atoms. The first kappa shape index (κ1) is 15.1. The Balaban J connectivity index is 3.60. The van der Waals surface area contributed by atoms with E-state index >= 15 is 0 Å². The molecule has 0 aromatic heterocycles. The molecule has 2 unspecified atom stereocenters. The van der Waals surface area contributed by atoms with Crippen molar-refractivity contribution in [2.24, 2.45) is 0 Å². The Bertz CT molecular complexity index is 165. The standard InChI is InChI=1S/C11H25NO2S/c1-4-6-7-11(10-14-3)12-8-9-15(13)5-2/h11-12H,4-10H2,1-3H3. The van der Waals surface area contributed by atoms with Gasteiger partial charge < -0.3 is 10.1 Å². The number of unbranched alkanes of at least 4 members (excludes halogenated alkanes) is 1. The third-order valence-electron chi connectivity index (χ3n) is 2.36. The molecule has 0 aliphatic heterocycles. The van der Waals surface area contributed by atoms with Crippen LogP contribution in [0.4, 0.5) is 0 Å². The van der Waals surface area contributed by atoms with Crippen LogP contribution >= 0.6 is 0 Å². The summed E-state index contributed by atoms with van der Waals surface area (Å²) in [6.07, 6.45) is 3.57. The van der Waals surface area contributed by atoms with E-state index in [9.17, 15) is 4.21 Å². The van der Waals surface area contributed by atoms with Crippen LogP contribution < -0.4 is 5.32 Å². The average molecular weight is 235 g/mol. The van der Waals surface area contributed by atoms with Gasteiger partial charge in [0.05, 0.1) is 6.61 Å². The smallest absolute Gasteiger partial charge is 0.0615 e. The van der Waals surface area contributed by atoms with Gasteiger partial charge in [-0.05, 0) is 6.42 Å². The van der Waals surface area contributed by atoms with E-state index in [1.807, 2.05) is 6.92 Å². The van der Waals surface area contributed by atoms with Crippen molar-refractivity contribution in [1.29, 1.82) is 0 Å². The maximum atomic E-state index is 11.2. The first-order valence-corrected chi connectivity index (χ1v) is 7.30. The van der Waals surface area contributed by atoms with Crippen molar-refractivity contribution in [3.63, 3.8) is 0 Å². The molecule has 0 aromatic rings. The SMILES string of the molecule is CCCCC(COC)NCCS(=O)CC. The molecule has 0 saturated heterocycles. The summed E-state index contributed by atoms with van der Waals surface area (Å²) in [5.74, 6) is 1.51. The van der Waals surface area contributed by atoms with Gasteiger partial charge in [0, 0.05) is 42.0 Å². The van der Waals surface area contributed by atoms with Crippen LogP contribution in [0.15, 0.2) is 0 Å². The predicted octanol–water partition coefficient (Wildman–Crippen LogP) is 1.55. The second-order valence-corrected chi connectivity index (χ2v) is 5.55. The van der Waals surface area contributed by atoms with Crippen LogP contribution in [0, 0.1) is 0 Å². The lowest BCUT2D eigenvalue weighted by molar-refractivity contribution is 0.162. The Kier molecular flexibility index (Phi) is 10.6. The van der Waals surface area contributed by atoms with Crippen molar-refractivity contribution in [3.05, 3.63) is 0 Å². The van der Waals surface area contributed by atoms with Crippen molar-refractivity contribution < 1.29 is 8.95 Å². The van der Waals surface area contributed by atoms with Crippen LogP contribution in [0.2, 0.25) is 0 Å². The van der Waals surface area contributed by atoms with E-state index in [0.29, 0.717) is 6.04 Å². The van der Waals surface area contributed by atoms with Gasteiger partial charge in [0.2, 0.25) is 0 Å². The molecular weight excluding hydrogens is 210 g/mol. The molecule has 0 amide bonds. The van der Waals surface area contributed by atoms with Crippen LogP contribution in [0.5, 0.6) is 0 Å². The summed E-state index contributed by atoms with van der Waals surface area (Å²) < 4.78 is 16.4. The molecule has 0 aromatic carbocycles. The normalized spacial score (nSPS) is 15.1. The second-order valence-electron chi connectivity index (χ2n) is 3.68. The van der Waals surface area contributed by atoms with Gasteiger partial charge >= 0.3 is 0 Å². The quantitative estimate of drug-likeness (QED) is 0.624. The molecule has 15 heavy (non-hydrogen) atoms. The third kappa shape index (κ3) is 9.03. The molecule has 0 spiro atoms. The van der Waals surface area contributed by atoms with Gasteiger partial charge in [-0.2, -0.15) is 0 Å². The molecule has 0 aliphatic rings. The van der Waals surface area contributed by atoms with Gasteiger partial charge in [-0.1, -0.05) is 26.7 Å². The minimum Gasteiger partial charge on any atom is -0.383 e. The lowest BCUT2D eigenvalue weighted by Crippen LogP contribution is -2.35. The van der Waals surface area contributed by atoms with Crippen LogP contribution in [0.1, 0.15) is 33.1 Å². The molecule has 92 valence electrons. The molecule has 0 rings (SSSR count). The van der Waals surface area contributed by atoms with E-state index in [1.54, 1.807) is 7.11 Å². The molecular formula is C11H25NO2S. The largest absolute Gasteiger partial charge is 0.383 e. The lowest BCUT2D eigenvalue weighted by Gasteiger charge is -2.17. The van der Waals surface area contributed by atoms with Gasteiger partial charge in [0.15, 0.2) is 0 Å². The number of nitrogens with one attached hydrogen (secondary N) is 1. The highest BCUT2D eigenvalue weighted by atomic mass is 32.2. The van der Waals surface area contributed by atoms with Crippen LogP contribution in [0.3, 0.4) is 0 Å². The van der Waals surface area contributed by atoms with Gasteiger partial charge in [-0.25, -0.2) is 0 Å². The Morgan fingerprint density at radius 1 is 1.40 bits per heavy atom. The van der Waals surface area contributed by atoms with Gasteiger partial charge in [-0.3, -0.25) is 4.21 Å². The van der Waals surface area contributed by atoms with E-state index in [4.69, 9.17) is 4.74 Å². The minimum absolute atomic E-state index is 0.420. The first-order chi connectivity index (χ1) is 7.24.